The van der Waals surface area contributed by atoms with E-state index in [4.69, 9.17) is 0 Å². The van der Waals surface area contributed by atoms with E-state index in [0.29, 0.717) is 12.1 Å². The lowest BCUT2D eigenvalue weighted by Crippen LogP contribution is -2.29. The highest BCUT2D eigenvalue weighted by atomic mass is 16.6. The van der Waals surface area contributed by atoms with Crippen LogP contribution in [-0.2, 0) is 6.42 Å². The fourth-order valence-electron chi connectivity index (χ4n) is 3.51. The second-order valence-electron chi connectivity index (χ2n) is 6.65. The van der Waals surface area contributed by atoms with Gasteiger partial charge in [-0.3, -0.25) is 19.7 Å². The summed E-state index contributed by atoms with van der Waals surface area (Å²) in [6, 6.07) is 16.1. The average molecular weight is 388 g/mol. The molecule has 1 aliphatic rings. The van der Waals surface area contributed by atoms with Gasteiger partial charge in [-0.25, -0.2) is 4.90 Å². The molecule has 1 aliphatic heterocycles. The molecule has 0 saturated carbocycles. The zero-order valence-electron chi connectivity index (χ0n) is 15.5. The number of hydrogen-bond donors (Lipinski definition) is 1. The van der Waals surface area contributed by atoms with Gasteiger partial charge in [-0.05, 0) is 53.4 Å². The molecule has 0 radical (unpaired) electrons. The first-order valence-corrected chi connectivity index (χ1v) is 9.01. The lowest BCUT2D eigenvalue weighted by Gasteiger charge is -2.14. The third-order valence-corrected chi connectivity index (χ3v) is 5.01. The molecule has 0 aliphatic carbocycles. The van der Waals surface area contributed by atoms with Gasteiger partial charge in [0.1, 0.15) is 11.3 Å². The zero-order chi connectivity index (χ0) is 20.7. The maximum atomic E-state index is 12.8. The molecule has 144 valence electrons. The van der Waals surface area contributed by atoms with Crippen molar-refractivity contribution in [1.82, 2.24) is 0 Å². The Morgan fingerprint density at radius 1 is 0.966 bits per heavy atom. The van der Waals surface area contributed by atoms with Crippen molar-refractivity contribution >= 4 is 23.2 Å². The largest absolute Gasteiger partial charge is 0.508 e. The number of nitrogens with zero attached hydrogens (tertiary/aromatic N) is 2. The number of phenolic OH excluding ortho intramolecular Hbond substituents is 1. The molecular weight excluding hydrogens is 372 g/mol. The fraction of sp³-hybridized carbons (Fsp3) is 0.0909. The van der Waals surface area contributed by atoms with Crippen molar-refractivity contribution in [3.05, 3.63) is 87.5 Å². The summed E-state index contributed by atoms with van der Waals surface area (Å²) in [5.41, 5.74) is 2.37. The molecule has 29 heavy (non-hydrogen) atoms. The van der Waals surface area contributed by atoms with Gasteiger partial charge in [-0.1, -0.05) is 31.2 Å². The van der Waals surface area contributed by atoms with E-state index in [9.17, 15) is 24.8 Å². The number of carbonyl (C=O) groups excluding carboxylic acids is 2. The number of benzene rings is 3. The third kappa shape index (κ3) is 2.93. The van der Waals surface area contributed by atoms with E-state index < -0.39 is 16.7 Å². The topological polar surface area (TPSA) is 101 Å². The number of amides is 2. The number of aromatic hydroxyl groups is 1. The Kier molecular flexibility index (Phi) is 4.35. The van der Waals surface area contributed by atoms with Crippen LogP contribution in [0.2, 0.25) is 0 Å². The van der Waals surface area contributed by atoms with Crippen LogP contribution in [0.3, 0.4) is 0 Å². The predicted molar refractivity (Wildman–Crippen MR) is 107 cm³/mol. The quantitative estimate of drug-likeness (QED) is 0.407. The summed E-state index contributed by atoms with van der Waals surface area (Å²) >= 11 is 0. The van der Waals surface area contributed by atoms with Crippen LogP contribution in [0.25, 0.3) is 11.1 Å². The molecule has 1 N–H and O–H groups in total. The fourth-order valence-corrected chi connectivity index (χ4v) is 3.51. The standard InChI is InChI=1S/C22H16N2O5/c1-2-13-12-15(8-11-19(13)25)14-6-9-16(10-7-14)23-21(26)17-4-3-5-18(24(28)29)20(17)22(23)27/h3-12,25H,2H2,1H3. The Hall–Kier alpha value is -4.00. The Morgan fingerprint density at radius 3 is 2.31 bits per heavy atom. The second kappa shape index (κ2) is 6.87. The number of fused-ring (bicyclic) bond motifs is 1. The molecule has 0 fully saturated rings. The predicted octanol–water partition coefficient (Wildman–Crippen LogP) is 4.33. The van der Waals surface area contributed by atoms with E-state index in [1.807, 2.05) is 13.0 Å². The van der Waals surface area contributed by atoms with E-state index in [1.165, 1.54) is 18.2 Å². The monoisotopic (exact) mass is 388 g/mol. The maximum absolute atomic E-state index is 12.8. The molecule has 0 bridgehead atoms. The van der Waals surface area contributed by atoms with Crippen molar-refractivity contribution < 1.29 is 19.6 Å². The minimum absolute atomic E-state index is 0.0272. The number of imide groups is 1. The minimum Gasteiger partial charge on any atom is -0.508 e. The average Bonchev–Trinajstić information content (AvgIpc) is 2.99. The highest BCUT2D eigenvalue weighted by Gasteiger charge is 2.41. The molecule has 0 aromatic heterocycles. The maximum Gasteiger partial charge on any atom is 0.283 e. The van der Waals surface area contributed by atoms with Crippen LogP contribution in [0.1, 0.15) is 33.2 Å². The smallest absolute Gasteiger partial charge is 0.283 e. The highest BCUT2D eigenvalue weighted by Crippen LogP contribution is 2.35. The number of aryl methyl sites for hydroxylation is 1. The van der Waals surface area contributed by atoms with E-state index in [0.717, 1.165) is 21.6 Å². The molecule has 0 unspecified atom stereocenters. The normalized spacial score (nSPS) is 12.9. The summed E-state index contributed by atoms with van der Waals surface area (Å²) in [6.45, 7) is 1.95. The Morgan fingerprint density at radius 2 is 1.66 bits per heavy atom. The molecule has 1 heterocycles. The van der Waals surface area contributed by atoms with E-state index >= 15 is 0 Å². The number of hydrogen-bond acceptors (Lipinski definition) is 5. The first-order chi connectivity index (χ1) is 13.9. The van der Waals surface area contributed by atoms with Crippen LogP contribution < -0.4 is 4.90 Å². The first-order valence-electron chi connectivity index (χ1n) is 9.01. The molecule has 0 saturated heterocycles. The number of phenols is 1. The van der Waals surface area contributed by atoms with Crippen molar-refractivity contribution in [1.29, 1.82) is 0 Å². The van der Waals surface area contributed by atoms with E-state index in [-0.39, 0.29) is 22.6 Å². The van der Waals surface area contributed by atoms with Gasteiger partial charge in [-0.2, -0.15) is 0 Å². The highest BCUT2D eigenvalue weighted by molar-refractivity contribution is 6.35. The summed E-state index contributed by atoms with van der Waals surface area (Å²) in [7, 11) is 0. The molecular formula is C22H16N2O5. The lowest BCUT2D eigenvalue weighted by molar-refractivity contribution is -0.385. The van der Waals surface area contributed by atoms with Crippen molar-refractivity contribution in [2.75, 3.05) is 4.90 Å². The summed E-state index contributed by atoms with van der Waals surface area (Å²) in [5.74, 6) is -1.05. The minimum atomic E-state index is -0.706. The number of nitro benzene ring substituents is 1. The van der Waals surface area contributed by atoms with Gasteiger partial charge in [0.25, 0.3) is 17.5 Å². The zero-order valence-corrected chi connectivity index (χ0v) is 15.5. The summed E-state index contributed by atoms with van der Waals surface area (Å²) < 4.78 is 0. The van der Waals surface area contributed by atoms with Gasteiger partial charge in [0.05, 0.1) is 16.2 Å². The second-order valence-corrected chi connectivity index (χ2v) is 6.65. The van der Waals surface area contributed by atoms with Gasteiger partial charge in [0, 0.05) is 6.07 Å². The van der Waals surface area contributed by atoms with E-state index in [1.54, 1.807) is 36.4 Å². The van der Waals surface area contributed by atoms with Crippen LogP contribution in [0.5, 0.6) is 5.75 Å². The molecule has 0 spiro atoms. The number of nitro groups is 1. The first kappa shape index (κ1) is 18.4. The number of carbonyl (C=O) groups is 2. The van der Waals surface area contributed by atoms with Gasteiger partial charge in [0.2, 0.25) is 0 Å². The molecule has 3 aromatic rings. The molecule has 7 heteroatoms. The molecule has 0 atom stereocenters. The van der Waals surface area contributed by atoms with Gasteiger partial charge in [-0.15, -0.1) is 0 Å². The molecule has 4 rings (SSSR count). The van der Waals surface area contributed by atoms with E-state index in [2.05, 4.69) is 0 Å². The van der Waals surface area contributed by atoms with Crippen molar-refractivity contribution in [2.45, 2.75) is 13.3 Å². The SMILES string of the molecule is CCc1cc(-c2ccc(N3C(=O)c4cccc([N+](=O)[O-])c4C3=O)cc2)ccc1O. The van der Waals surface area contributed by atoms with Crippen LogP contribution in [0, 0.1) is 10.1 Å². The van der Waals surface area contributed by atoms with Crippen LogP contribution in [0.15, 0.2) is 60.7 Å². The van der Waals surface area contributed by atoms with Crippen LogP contribution in [0.4, 0.5) is 11.4 Å². The summed E-state index contributed by atoms with van der Waals surface area (Å²) in [6.07, 6.45) is 0.686. The van der Waals surface area contributed by atoms with Crippen molar-refractivity contribution in [2.24, 2.45) is 0 Å². The molecule has 3 aromatic carbocycles. The van der Waals surface area contributed by atoms with Gasteiger partial charge >= 0.3 is 0 Å². The van der Waals surface area contributed by atoms with Crippen molar-refractivity contribution in [3.8, 4) is 16.9 Å². The van der Waals surface area contributed by atoms with Gasteiger partial charge in [0.15, 0.2) is 0 Å². The Bertz CT molecular complexity index is 1170. The van der Waals surface area contributed by atoms with Gasteiger partial charge < -0.3 is 5.11 Å². The van der Waals surface area contributed by atoms with Crippen LogP contribution >= 0.6 is 0 Å². The molecule has 2 amide bonds. The lowest BCUT2D eigenvalue weighted by atomic mass is 10.0. The number of anilines is 1. The summed E-state index contributed by atoms with van der Waals surface area (Å²) in [5, 5.41) is 21.1. The van der Waals surface area contributed by atoms with Crippen molar-refractivity contribution in [3.63, 3.8) is 0 Å². The Balaban J connectivity index is 1.70. The van der Waals surface area contributed by atoms with Crippen LogP contribution in [-0.4, -0.2) is 21.8 Å². The number of rotatable bonds is 4. The Labute approximate surface area is 166 Å². The molecule has 7 nitrogen and oxygen atoms in total. The summed E-state index contributed by atoms with van der Waals surface area (Å²) in [4.78, 5) is 37.0. The third-order valence-electron chi connectivity index (χ3n) is 5.01.